The number of rotatable bonds is 7. The van der Waals surface area contributed by atoms with Crippen LogP contribution in [0, 0.1) is 0 Å². The smallest absolute Gasteiger partial charge is 0.164 e. The van der Waals surface area contributed by atoms with Crippen LogP contribution in [0.5, 0.6) is 0 Å². The van der Waals surface area contributed by atoms with Crippen LogP contribution in [0.1, 0.15) is 47.2 Å². The van der Waals surface area contributed by atoms with E-state index in [1.54, 1.807) is 0 Å². The Morgan fingerprint density at radius 1 is 0.278 bits per heavy atom. The minimum absolute atomic E-state index is 0.169. The summed E-state index contributed by atoms with van der Waals surface area (Å²) >= 11 is 0. The van der Waals surface area contributed by atoms with Crippen LogP contribution in [-0.4, -0.2) is 15.0 Å². The Bertz CT molecular complexity index is 4080. The number of aromatic nitrogens is 3. The van der Waals surface area contributed by atoms with E-state index >= 15 is 0 Å². The lowest BCUT2D eigenvalue weighted by Crippen LogP contribution is -2.28. The first-order chi connectivity index (χ1) is 35.4. The molecule has 14 rings (SSSR count). The van der Waals surface area contributed by atoms with Gasteiger partial charge >= 0.3 is 0 Å². The molecular weight excluding hydrogens is 871 g/mol. The summed E-state index contributed by atoms with van der Waals surface area (Å²) in [5.41, 5.74) is 19.8. The zero-order valence-corrected chi connectivity index (χ0v) is 40.0. The zero-order chi connectivity index (χ0) is 48.0. The Hall–Kier alpha value is -9.05. The molecule has 2 aliphatic carbocycles. The summed E-state index contributed by atoms with van der Waals surface area (Å²) in [6, 6.07) is 90.5. The summed E-state index contributed by atoms with van der Waals surface area (Å²) in [7, 11) is 0. The van der Waals surface area contributed by atoms with Crippen LogP contribution in [0.2, 0.25) is 0 Å². The van der Waals surface area contributed by atoms with Gasteiger partial charge in [-0.3, -0.25) is 0 Å². The van der Waals surface area contributed by atoms with Gasteiger partial charge < -0.3 is 0 Å². The van der Waals surface area contributed by atoms with Gasteiger partial charge in [-0.25, -0.2) is 15.0 Å². The minimum atomic E-state index is -0.463. The highest BCUT2D eigenvalue weighted by Crippen LogP contribution is 2.58. The van der Waals surface area contributed by atoms with Gasteiger partial charge in [-0.1, -0.05) is 238 Å². The van der Waals surface area contributed by atoms with Crippen molar-refractivity contribution >= 4 is 21.5 Å². The third kappa shape index (κ3) is 6.34. The van der Waals surface area contributed by atoms with Crippen molar-refractivity contribution in [1.29, 1.82) is 0 Å². The summed E-state index contributed by atoms with van der Waals surface area (Å²) in [6.07, 6.45) is 0. The number of benzene rings is 11. The molecule has 0 fully saturated rings. The summed E-state index contributed by atoms with van der Waals surface area (Å²) < 4.78 is 0. The van der Waals surface area contributed by atoms with Crippen molar-refractivity contribution in [2.24, 2.45) is 0 Å². The van der Waals surface area contributed by atoms with E-state index in [-0.39, 0.29) is 5.41 Å². The Balaban J connectivity index is 0.914. The average molecular weight is 918 g/mol. The van der Waals surface area contributed by atoms with E-state index in [0.717, 1.165) is 38.2 Å². The lowest BCUT2D eigenvalue weighted by molar-refractivity contribution is 0.660. The first kappa shape index (κ1) is 41.9. The van der Waals surface area contributed by atoms with Crippen LogP contribution in [0.15, 0.2) is 249 Å². The lowest BCUT2D eigenvalue weighted by atomic mass is 9.67. The van der Waals surface area contributed by atoms with Gasteiger partial charge in [-0.15, -0.1) is 0 Å². The third-order valence-electron chi connectivity index (χ3n) is 15.6. The largest absolute Gasteiger partial charge is 0.208 e. The summed E-state index contributed by atoms with van der Waals surface area (Å²) in [5.74, 6) is 1.93. The van der Waals surface area contributed by atoms with Gasteiger partial charge in [0.1, 0.15) is 0 Å². The fourth-order valence-corrected chi connectivity index (χ4v) is 12.2. The molecule has 0 bridgehead atoms. The maximum absolute atomic E-state index is 5.36. The molecule has 0 amide bonds. The highest BCUT2D eigenvalue weighted by Gasteiger charge is 2.46. The second-order valence-corrected chi connectivity index (χ2v) is 19.8. The monoisotopic (exact) mass is 917 g/mol. The van der Waals surface area contributed by atoms with Gasteiger partial charge in [0.15, 0.2) is 17.5 Å². The molecule has 2 aliphatic rings. The van der Waals surface area contributed by atoms with E-state index in [1.165, 1.54) is 77.9 Å². The Labute approximate surface area is 419 Å². The molecule has 1 heterocycles. The van der Waals surface area contributed by atoms with E-state index in [0.29, 0.717) is 17.5 Å². The summed E-state index contributed by atoms with van der Waals surface area (Å²) in [4.78, 5) is 16.1. The molecule has 1 aromatic heterocycles. The number of hydrogen-bond donors (Lipinski definition) is 0. The molecule has 0 radical (unpaired) electrons. The summed E-state index contributed by atoms with van der Waals surface area (Å²) in [6.45, 7) is 4.64. The van der Waals surface area contributed by atoms with E-state index in [9.17, 15) is 0 Å². The molecule has 0 saturated heterocycles. The van der Waals surface area contributed by atoms with E-state index in [2.05, 4.69) is 263 Å². The molecular formula is C69H47N3. The van der Waals surface area contributed by atoms with Gasteiger partial charge in [0.25, 0.3) is 0 Å². The highest BCUT2D eigenvalue weighted by molar-refractivity contribution is 6.04. The standard InChI is InChI=1S/C69H47N3/c1-68(2)60-30-16-14-27-56(60)57-38-37-49(43-63(57)68)66-70-65(71-67(72-66)58-40-39-52(44-19-6-3-7-20-44)54-25-12-13-26-55(54)58)48-36-34-45-41-47(35-33-46(45)42-48)53-29-18-32-62-64(53)59-28-15-17-31-61(59)69(62,50-21-8-4-9-22-50)51-23-10-5-11-24-51/h3-43H,1-2H3. The van der Waals surface area contributed by atoms with Crippen molar-refractivity contribution in [3.8, 4) is 78.7 Å². The number of nitrogens with zero attached hydrogens (tertiary/aromatic N) is 3. The fourth-order valence-electron chi connectivity index (χ4n) is 12.2. The predicted octanol–water partition coefficient (Wildman–Crippen LogP) is 17.2. The first-order valence-corrected chi connectivity index (χ1v) is 24.9. The highest BCUT2D eigenvalue weighted by atomic mass is 15.0. The number of fused-ring (bicyclic) bond motifs is 8. The second-order valence-electron chi connectivity index (χ2n) is 19.8. The average Bonchev–Trinajstić information content (AvgIpc) is 3.88. The Kier molecular flexibility index (Phi) is 9.46. The van der Waals surface area contributed by atoms with Crippen LogP contribution in [0.25, 0.3) is 100 Å². The van der Waals surface area contributed by atoms with Gasteiger partial charge in [0.2, 0.25) is 0 Å². The molecule has 0 unspecified atom stereocenters. The van der Waals surface area contributed by atoms with Crippen LogP contribution >= 0.6 is 0 Å². The van der Waals surface area contributed by atoms with Crippen molar-refractivity contribution in [3.05, 3.63) is 282 Å². The molecule has 0 aliphatic heterocycles. The molecule has 0 N–H and O–H groups in total. The van der Waals surface area contributed by atoms with E-state index in [4.69, 9.17) is 15.0 Å². The van der Waals surface area contributed by atoms with Crippen LogP contribution in [0.4, 0.5) is 0 Å². The minimum Gasteiger partial charge on any atom is -0.208 e. The van der Waals surface area contributed by atoms with E-state index in [1.807, 2.05) is 0 Å². The maximum Gasteiger partial charge on any atom is 0.164 e. The second kappa shape index (κ2) is 16.3. The van der Waals surface area contributed by atoms with Crippen molar-refractivity contribution in [1.82, 2.24) is 15.0 Å². The topological polar surface area (TPSA) is 38.7 Å². The number of hydrogen-bond acceptors (Lipinski definition) is 3. The van der Waals surface area contributed by atoms with Gasteiger partial charge in [-0.05, 0) is 124 Å². The summed E-state index contributed by atoms with van der Waals surface area (Å²) in [5, 5.41) is 4.51. The van der Waals surface area contributed by atoms with Gasteiger partial charge in [0, 0.05) is 22.1 Å². The molecule has 12 aromatic rings. The van der Waals surface area contributed by atoms with Crippen molar-refractivity contribution in [2.45, 2.75) is 24.7 Å². The lowest BCUT2D eigenvalue weighted by Gasteiger charge is -2.34. The predicted molar refractivity (Wildman–Crippen MR) is 297 cm³/mol. The molecule has 338 valence electrons. The van der Waals surface area contributed by atoms with Gasteiger partial charge in [-0.2, -0.15) is 0 Å². The molecule has 3 nitrogen and oxygen atoms in total. The Morgan fingerprint density at radius 3 is 1.46 bits per heavy atom. The van der Waals surface area contributed by atoms with Crippen molar-refractivity contribution < 1.29 is 0 Å². The van der Waals surface area contributed by atoms with Crippen LogP contribution < -0.4 is 0 Å². The molecule has 11 aromatic carbocycles. The van der Waals surface area contributed by atoms with Crippen molar-refractivity contribution in [2.75, 3.05) is 0 Å². The first-order valence-electron chi connectivity index (χ1n) is 24.9. The molecule has 3 heteroatoms. The fraction of sp³-hybridized carbons (Fsp3) is 0.0580. The quantitative estimate of drug-likeness (QED) is 0.160. The Morgan fingerprint density at radius 2 is 0.750 bits per heavy atom. The van der Waals surface area contributed by atoms with Gasteiger partial charge in [0.05, 0.1) is 5.41 Å². The molecule has 0 saturated carbocycles. The normalized spacial score (nSPS) is 13.6. The van der Waals surface area contributed by atoms with Crippen LogP contribution in [-0.2, 0) is 10.8 Å². The van der Waals surface area contributed by atoms with Crippen LogP contribution in [0.3, 0.4) is 0 Å². The third-order valence-corrected chi connectivity index (χ3v) is 15.6. The molecule has 72 heavy (non-hydrogen) atoms. The molecule has 0 atom stereocenters. The van der Waals surface area contributed by atoms with Crippen molar-refractivity contribution in [3.63, 3.8) is 0 Å². The zero-order valence-electron chi connectivity index (χ0n) is 40.0. The van der Waals surface area contributed by atoms with E-state index < -0.39 is 5.41 Å². The SMILES string of the molecule is CC1(C)c2ccccc2-c2ccc(-c3nc(-c4ccc5cc(-c6cccc7c6-c6ccccc6C7(c6ccccc6)c6ccccc6)ccc5c4)nc(-c4ccc(-c5ccccc5)c5ccccc45)n3)cc21. The molecule has 0 spiro atoms. The maximum atomic E-state index is 5.36.